The lowest BCUT2D eigenvalue weighted by molar-refractivity contribution is -0.166. The van der Waals surface area contributed by atoms with Crippen LogP contribution in [0.4, 0.5) is 0 Å². The lowest BCUT2D eigenvalue weighted by Crippen LogP contribution is -2.41. The maximum absolute atomic E-state index is 12.0. The molecular formula is C31H46ClN5O7. The third kappa shape index (κ3) is 18.4. The maximum atomic E-state index is 12.0. The van der Waals surface area contributed by atoms with Gasteiger partial charge in [0.05, 0.1) is 24.6 Å². The molecule has 0 bridgehead atoms. The van der Waals surface area contributed by atoms with Gasteiger partial charge in [0.25, 0.3) is 0 Å². The fourth-order valence-corrected chi connectivity index (χ4v) is 3.56. The number of likely N-dealkylation sites (N-methyl/N-ethyl adjacent to an activating group) is 1. The van der Waals surface area contributed by atoms with E-state index in [0.717, 1.165) is 23.3 Å². The van der Waals surface area contributed by atoms with Crippen molar-refractivity contribution in [3.8, 4) is 5.75 Å². The topological polar surface area (TPSA) is 181 Å². The van der Waals surface area contributed by atoms with E-state index < -0.39 is 35.8 Å². The van der Waals surface area contributed by atoms with E-state index in [1.807, 2.05) is 44.2 Å². The molecule has 44 heavy (non-hydrogen) atoms. The number of carboxylic acid groups (broad SMARTS) is 1. The van der Waals surface area contributed by atoms with Gasteiger partial charge >= 0.3 is 11.9 Å². The molecule has 0 radical (unpaired) electrons. The van der Waals surface area contributed by atoms with Gasteiger partial charge in [-0.2, -0.15) is 0 Å². The molecule has 0 saturated carbocycles. The van der Waals surface area contributed by atoms with Crippen molar-refractivity contribution in [2.45, 2.75) is 39.7 Å². The fourth-order valence-electron chi connectivity index (χ4n) is 3.24. The third-order valence-corrected chi connectivity index (χ3v) is 6.10. The van der Waals surface area contributed by atoms with E-state index in [4.69, 9.17) is 31.9 Å². The first kappa shape index (κ1) is 39.8. The van der Waals surface area contributed by atoms with Crippen molar-refractivity contribution < 1.29 is 33.8 Å². The van der Waals surface area contributed by atoms with Gasteiger partial charge in [-0.05, 0) is 56.5 Å². The number of methoxy groups -OCH3 is 1. The van der Waals surface area contributed by atoms with Crippen molar-refractivity contribution >= 4 is 41.6 Å². The molecule has 0 saturated heterocycles. The summed E-state index contributed by atoms with van der Waals surface area (Å²) >= 11 is 5.80. The molecule has 6 N–H and O–H groups in total. The summed E-state index contributed by atoms with van der Waals surface area (Å²) in [4.78, 5) is 50.6. The number of aryl methyl sites for hydroxylation is 1. The summed E-state index contributed by atoms with van der Waals surface area (Å²) in [7, 11) is 4.81. The normalized spacial score (nSPS) is 13.6. The molecule has 0 heterocycles. The van der Waals surface area contributed by atoms with E-state index in [9.17, 15) is 19.2 Å². The van der Waals surface area contributed by atoms with Crippen molar-refractivity contribution in [2.24, 2.45) is 22.6 Å². The largest absolute Gasteiger partial charge is 0.495 e. The van der Waals surface area contributed by atoms with E-state index in [1.54, 1.807) is 26.4 Å². The highest BCUT2D eigenvalue weighted by Gasteiger charge is 2.24. The summed E-state index contributed by atoms with van der Waals surface area (Å²) < 4.78 is 9.88. The second-order valence-corrected chi connectivity index (χ2v) is 10.2. The van der Waals surface area contributed by atoms with Crippen LogP contribution in [0.1, 0.15) is 32.3 Å². The summed E-state index contributed by atoms with van der Waals surface area (Å²) in [5.41, 5.74) is 7.46. The number of benzene rings is 1. The predicted molar refractivity (Wildman–Crippen MR) is 173 cm³/mol. The molecule has 1 rings (SSSR count). The molecule has 1 aromatic rings. The van der Waals surface area contributed by atoms with Crippen LogP contribution in [0.15, 0.2) is 59.3 Å². The Bertz CT molecular complexity index is 1180. The average molecular weight is 636 g/mol. The van der Waals surface area contributed by atoms with Gasteiger partial charge in [0.1, 0.15) is 5.75 Å². The average Bonchev–Trinajstić information content (AvgIpc) is 2.99. The van der Waals surface area contributed by atoms with Crippen LogP contribution < -0.4 is 26.4 Å². The minimum Gasteiger partial charge on any atom is -0.495 e. The Kier molecular flexibility index (Phi) is 21.1. The third-order valence-electron chi connectivity index (χ3n) is 5.81. The van der Waals surface area contributed by atoms with Crippen LogP contribution in [-0.4, -0.2) is 82.0 Å². The number of nitrogens with one attached hydrogen (secondary N) is 3. The van der Waals surface area contributed by atoms with Gasteiger partial charge in [0.2, 0.25) is 17.9 Å². The highest BCUT2D eigenvalue weighted by molar-refractivity contribution is 6.32. The minimum atomic E-state index is -1.31. The monoisotopic (exact) mass is 635 g/mol. The first-order valence-electron chi connectivity index (χ1n) is 14.0. The molecular weight excluding hydrogens is 590 g/mol. The number of carbonyl (C=O) groups excluding carboxylic acids is 3. The number of hydrogen-bond acceptors (Lipinski definition) is 9. The Hall–Kier alpha value is -4.16. The number of nitrogens with zero attached hydrogens (tertiary/aromatic N) is 1. The smallest absolute Gasteiger partial charge is 0.346 e. The van der Waals surface area contributed by atoms with Crippen LogP contribution in [-0.2, 0) is 23.9 Å². The van der Waals surface area contributed by atoms with Crippen molar-refractivity contribution in [3.63, 3.8) is 0 Å². The molecule has 2 amide bonds. The van der Waals surface area contributed by atoms with E-state index in [1.165, 1.54) is 26.2 Å². The van der Waals surface area contributed by atoms with Crippen LogP contribution in [0.25, 0.3) is 0 Å². The molecule has 0 aliphatic rings. The number of hydrogen-bond donors (Lipinski definition) is 5. The second-order valence-electron chi connectivity index (χ2n) is 9.75. The number of rotatable bonds is 17. The van der Waals surface area contributed by atoms with Crippen molar-refractivity contribution in [1.29, 1.82) is 0 Å². The first-order valence-corrected chi connectivity index (χ1v) is 14.4. The standard InChI is InChI=1S/C23H37N5O6.C8H9ClO/c1-16(9-10-18(11-24)13-25-3)7-5-6-8-20(29)28-15-21(30)27-12-17(2)23(33)34-19(14-26-4)22(31)32;1-6-3-4-8(10-2)7(9)5-6/h6,8-11,13,16-17,19,26H,5,7,12,14-15,24H2,1-4H3,(H,27,30)(H,28,29)(H,31,32);3-5H,1-2H3/b8-6+,10-9+,18-11-,25-13?;. The second kappa shape index (κ2) is 23.3. The van der Waals surface area contributed by atoms with Crippen LogP contribution in [0.2, 0.25) is 5.02 Å². The first-order chi connectivity index (χ1) is 20.9. The van der Waals surface area contributed by atoms with Gasteiger partial charge in [-0.3, -0.25) is 19.4 Å². The number of halogens is 1. The number of allylic oxidation sites excluding steroid dienone is 4. The Morgan fingerprint density at radius 1 is 1.14 bits per heavy atom. The number of carbonyl (C=O) groups is 4. The van der Waals surface area contributed by atoms with E-state index in [2.05, 4.69) is 20.9 Å². The quantitative estimate of drug-likeness (QED) is 0.0744. The van der Waals surface area contributed by atoms with Crippen molar-refractivity contribution in [1.82, 2.24) is 16.0 Å². The molecule has 12 nitrogen and oxygen atoms in total. The summed E-state index contributed by atoms with van der Waals surface area (Å²) in [5, 5.41) is 17.3. The number of ether oxygens (including phenoxy) is 2. The lowest BCUT2D eigenvalue weighted by atomic mass is 10.0. The molecule has 244 valence electrons. The molecule has 3 atom stereocenters. The van der Waals surface area contributed by atoms with E-state index in [0.29, 0.717) is 11.4 Å². The van der Waals surface area contributed by atoms with Crippen molar-refractivity contribution in [3.05, 3.63) is 64.9 Å². The zero-order chi connectivity index (χ0) is 33.5. The molecule has 0 aromatic heterocycles. The molecule has 0 aliphatic carbocycles. The lowest BCUT2D eigenvalue weighted by Gasteiger charge is -2.17. The number of amides is 2. The highest BCUT2D eigenvalue weighted by atomic mass is 35.5. The molecule has 0 spiro atoms. The number of nitrogens with two attached hydrogens (primary N) is 1. The van der Waals surface area contributed by atoms with Crippen LogP contribution in [0, 0.1) is 18.8 Å². The van der Waals surface area contributed by atoms with Gasteiger partial charge in [-0.15, -0.1) is 0 Å². The Morgan fingerprint density at radius 2 is 1.84 bits per heavy atom. The molecule has 0 fully saturated rings. The van der Waals surface area contributed by atoms with Crippen LogP contribution >= 0.6 is 11.6 Å². The van der Waals surface area contributed by atoms with Gasteiger partial charge in [-0.1, -0.05) is 49.7 Å². The van der Waals surface area contributed by atoms with Crippen molar-refractivity contribution in [2.75, 3.05) is 40.8 Å². The Morgan fingerprint density at radius 3 is 2.41 bits per heavy atom. The van der Waals surface area contributed by atoms with Crippen LogP contribution in [0.5, 0.6) is 5.75 Å². The summed E-state index contributed by atoms with van der Waals surface area (Å²) in [6, 6.07) is 5.70. The number of carboxylic acids is 1. The predicted octanol–water partition coefficient (Wildman–Crippen LogP) is 2.80. The van der Waals surface area contributed by atoms with Gasteiger partial charge in [0, 0.05) is 38.1 Å². The number of aliphatic carboxylic acids is 1. The van der Waals surface area contributed by atoms with Gasteiger partial charge < -0.3 is 36.3 Å². The Balaban J connectivity index is 0.00000155. The Labute approximate surface area is 264 Å². The fraction of sp³-hybridized carbons (Fsp3) is 0.452. The zero-order valence-corrected chi connectivity index (χ0v) is 27.0. The summed E-state index contributed by atoms with van der Waals surface area (Å²) in [6.07, 6.45) is 10.3. The highest BCUT2D eigenvalue weighted by Crippen LogP contribution is 2.24. The molecule has 1 aromatic carbocycles. The molecule has 3 unspecified atom stereocenters. The van der Waals surface area contributed by atoms with Gasteiger partial charge in [-0.25, -0.2) is 4.79 Å². The maximum Gasteiger partial charge on any atom is 0.346 e. The molecule has 13 heteroatoms. The minimum absolute atomic E-state index is 0.0316. The SMILES string of the molecule is CN=CC(=C\N)/C=C/C(C)CC/C=C/C(=O)NCC(=O)NCC(C)C(=O)OC(CNC)C(=O)O.COc1ccc(C)cc1Cl. The van der Waals surface area contributed by atoms with E-state index >= 15 is 0 Å². The van der Waals surface area contributed by atoms with E-state index in [-0.39, 0.29) is 25.6 Å². The zero-order valence-electron chi connectivity index (χ0n) is 26.3. The van der Waals surface area contributed by atoms with Gasteiger partial charge in [0.15, 0.2) is 0 Å². The molecule has 0 aliphatic heterocycles. The number of aliphatic imine (C=N–C) groups is 1. The number of esters is 1. The van der Waals surface area contributed by atoms with Crippen LogP contribution in [0.3, 0.4) is 0 Å². The summed E-state index contributed by atoms with van der Waals surface area (Å²) in [6.45, 7) is 5.20. The summed E-state index contributed by atoms with van der Waals surface area (Å²) in [5.74, 6) is -2.64.